The third-order valence-corrected chi connectivity index (χ3v) is 6.86. The fourth-order valence-electron chi connectivity index (χ4n) is 3.61. The van der Waals surface area contributed by atoms with Gasteiger partial charge in [-0.25, -0.2) is 0 Å². The van der Waals surface area contributed by atoms with Gasteiger partial charge in [0.15, 0.2) is 5.11 Å². The molecular formula is C23H17Br2N3O2S. The fourth-order valence-corrected chi connectivity index (χ4v) is 4.85. The van der Waals surface area contributed by atoms with Gasteiger partial charge in [0.2, 0.25) is 0 Å². The number of benzene rings is 2. The molecule has 0 aliphatic carbocycles. The van der Waals surface area contributed by atoms with Crippen molar-refractivity contribution in [2.24, 2.45) is 0 Å². The number of para-hydroxylation sites is 1. The molecule has 0 saturated carbocycles. The van der Waals surface area contributed by atoms with Crippen LogP contribution in [0.15, 0.2) is 69.1 Å². The molecule has 1 saturated heterocycles. The Morgan fingerprint density at radius 1 is 0.935 bits per heavy atom. The van der Waals surface area contributed by atoms with E-state index in [1.54, 1.807) is 24.3 Å². The summed E-state index contributed by atoms with van der Waals surface area (Å²) in [5.74, 6) is -0.985. The maximum absolute atomic E-state index is 13.3. The van der Waals surface area contributed by atoms with Crippen molar-refractivity contribution < 1.29 is 9.59 Å². The van der Waals surface area contributed by atoms with E-state index < -0.39 is 11.8 Å². The molecule has 5 nitrogen and oxygen atoms in total. The van der Waals surface area contributed by atoms with Crippen molar-refractivity contribution in [3.8, 4) is 5.69 Å². The summed E-state index contributed by atoms with van der Waals surface area (Å²) in [5, 5.41) is 2.69. The van der Waals surface area contributed by atoms with Gasteiger partial charge in [-0.1, -0.05) is 40.2 Å². The maximum atomic E-state index is 13.3. The van der Waals surface area contributed by atoms with Crippen LogP contribution in [0.4, 0.5) is 5.69 Å². The van der Waals surface area contributed by atoms with Crippen molar-refractivity contribution in [1.82, 2.24) is 9.88 Å². The lowest BCUT2D eigenvalue weighted by Gasteiger charge is -2.29. The lowest BCUT2D eigenvalue weighted by molar-refractivity contribution is -0.122. The van der Waals surface area contributed by atoms with Crippen molar-refractivity contribution in [2.45, 2.75) is 13.8 Å². The molecular weight excluding hydrogens is 542 g/mol. The molecule has 2 amide bonds. The molecule has 1 aromatic heterocycles. The number of hydrogen-bond donors (Lipinski definition) is 1. The quantitative estimate of drug-likeness (QED) is 0.264. The summed E-state index contributed by atoms with van der Waals surface area (Å²) < 4.78 is 3.71. The number of anilines is 1. The van der Waals surface area contributed by atoms with Crippen LogP contribution in [-0.2, 0) is 9.59 Å². The van der Waals surface area contributed by atoms with Crippen LogP contribution in [0.5, 0.6) is 0 Å². The number of amides is 2. The molecule has 31 heavy (non-hydrogen) atoms. The molecule has 1 aliphatic rings. The highest BCUT2D eigenvalue weighted by molar-refractivity contribution is 9.10. The number of halogens is 2. The average molecular weight is 559 g/mol. The molecule has 0 spiro atoms. The Kier molecular flexibility index (Phi) is 5.96. The molecule has 0 bridgehead atoms. The second-order valence-corrected chi connectivity index (χ2v) is 9.10. The first kappa shape index (κ1) is 21.7. The van der Waals surface area contributed by atoms with Crippen molar-refractivity contribution in [3.63, 3.8) is 0 Å². The number of carbonyl (C=O) groups is 2. The number of carbonyl (C=O) groups excluding carboxylic acids is 2. The van der Waals surface area contributed by atoms with Crippen molar-refractivity contribution in [1.29, 1.82) is 0 Å². The van der Waals surface area contributed by atoms with E-state index in [0.29, 0.717) is 5.69 Å². The molecule has 0 unspecified atom stereocenters. The monoisotopic (exact) mass is 557 g/mol. The molecule has 0 atom stereocenters. The maximum Gasteiger partial charge on any atom is 0.270 e. The topological polar surface area (TPSA) is 54.3 Å². The number of thiocarbonyl (C=S) groups is 1. The number of nitrogens with one attached hydrogen (secondary N) is 1. The van der Waals surface area contributed by atoms with Crippen LogP contribution >= 0.6 is 44.1 Å². The van der Waals surface area contributed by atoms with Crippen LogP contribution in [0.25, 0.3) is 11.8 Å². The Hall–Kier alpha value is -2.55. The molecule has 0 radical (unpaired) electrons. The first-order valence-electron chi connectivity index (χ1n) is 9.39. The van der Waals surface area contributed by atoms with Gasteiger partial charge < -0.3 is 4.57 Å². The number of hydrogen-bond acceptors (Lipinski definition) is 3. The van der Waals surface area contributed by atoms with Crippen LogP contribution in [0.1, 0.15) is 17.0 Å². The van der Waals surface area contributed by atoms with Crippen molar-refractivity contribution in [2.75, 3.05) is 4.90 Å². The zero-order valence-corrected chi connectivity index (χ0v) is 20.6. The standard InChI is InChI=1S/C23H17Br2N3O2S/c1-13-18(20(25)14(2)27(13)16-8-4-3-5-9-16)12-19-21(29)26-23(31)28(22(19)30)17-10-6-7-15(24)11-17/h3-12H,1-2H3,(H,26,29,31)/b19-12+. The molecule has 3 aromatic rings. The number of rotatable bonds is 3. The molecule has 4 rings (SSSR count). The largest absolute Gasteiger partial charge is 0.317 e. The van der Waals surface area contributed by atoms with E-state index in [-0.39, 0.29) is 10.7 Å². The Morgan fingerprint density at radius 3 is 2.29 bits per heavy atom. The molecule has 156 valence electrons. The van der Waals surface area contributed by atoms with E-state index in [0.717, 1.165) is 31.6 Å². The van der Waals surface area contributed by atoms with E-state index >= 15 is 0 Å². The summed E-state index contributed by atoms with van der Waals surface area (Å²) in [5.41, 5.74) is 4.23. The van der Waals surface area contributed by atoms with Gasteiger partial charge in [0.25, 0.3) is 11.8 Å². The average Bonchev–Trinajstić information content (AvgIpc) is 2.94. The molecule has 1 N–H and O–H groups in total. The molecule has 2 heterocycles. The number of nitrogens with zero attached hydrogens (tertiary/aromatic N) is 2. The highest BCUT2D eigenvalue weighted by Crippen LogP contribution is 2.33. The van der Waals surface area contributed by atoms with Gasteiger partial charge in [0.1, 0.15) is 5.57 Å². The highest BCUT2D eigenvalue weighted by atomic mass is 79.9. The summed E-state index contributed by atoms with van der Waals surface area (Å²) in [6, 6.07) is 17.1. The summed E-state index contributed by atoms with van der Waals surface area (Å²) >= 11 is 12.3. The van der Waals surface area contributed by atoms with E-state index in [2.05, 4.69) is 41.7 Å². The van der Waals surface area contributed by atoms with Crippen LogP contribution in [0, 0.1) is 13.8 Å². The van der Waals surface area contributed by atoms with Crippen LogP contribution in [0.3, 0.4) is 0 Å². The summed E-state index contributed by atoms with van der Waals surface area (Å²) in [6.45, 7) is 3.94. The number of aromatic nitrogens is 1. The van der Waals surface area contributed by atoms with E-state index in [4.69, 9.17) is 12.2 Å². The van der Waals surface area contributed by atoms with Gasteiger partial charge >= 0.3 is 0 Å². The normalized spacial score (nSPS) is 15.5. The molecule has 1 aliphatic heterocycles. The fraction of sp³-hybridized carbons (Fsp3) is 0.0870. The third kappa shape index (κ3) is 3.91. The van der Waals surface area contributed by atoms with Crippen molar-refractivity contribution >= 4 is 72.8 Å². The smallest absolute Gasteiger partial charge is 0.270 e. The Balaban J connectivity index is 1.82. The van der Waals surface area contributed by atoms with Crippen molar-refractivity contribution in [3.05, 3.63) is 86.1 Å². The Morgan fingerprint density at radius 2 is 1.61 bits per heavy atom. The summed E-state index contributed by atoms with van der Waals surface area (Å²) in [4.78, 5) is 27.4. The van der Waals surface area contributed by atoms with Gasteiger partial charge in [-0.15, -0.1) is 0 Å². The van der Waals surface area contributed by atoms with Crippen LogP contribution in [0.2, 0.25) is 0 Å². The van der Waals surface area contributed by atoms with Gasteiger partial charge in [-0.3, -0.25) is 19.8 Å². The Bertz CT molecular complexity index is 1270. The van der Waals surface area contributed by atoms with Crippen LogP contribution in [-0.4, -0.2) is 21.5 Å². The van der Waals surface area contributed by atoms with Gasteiger partial charge in [0, 0.05) is 31.6 Å². The Labute approximate surface area is 202 Å². The molecule has 8 heteroatoms. The third-order valence-electron chi connectivity index (χ3n) is 5.09. The van der Waals surface area contributed by atoms with Gasteiger partial charge in [-0.05, 0) is 78.4 Å². The van der Waals surface area contributed by atoms with Crippen LogP contribution < -0.4 is 10.2 Å². The highest BCUT2D eigenvalue weighted by Gasteiger charge is 2.35. The zero-order chi connectivity index (χ0) is 22.3. The zero-order valence-electron chi connectivity index (χ0n) is 16.6. The second kappa shape index (κ2) is 8.53. The minimum absolute atomic E-state index is 0.0163. The van der Waals surface area contributed by atoms with Gasteiger partial charge in [-0.2, -0.15) is 0 Å². The summed E-state index contributed by atoms with van der Waals surface area (Å²) in [6.07, 6.45) is 1.62. The molecule has 2 aromatic carbocycles. The van der Waals surface area contributed by atoms with E-state index in [9.17, 15) is 9.59 Å². The van der Waals surface area contributed by atoms with Gasteiger partial charge in [0.05, 0.1) is 5.69 Å². The predicted molar refractivity (Wildman–Crippen MR) is 133 cm³/mol. The lowest BCUT2D eigenvalue weighted by atomic mass is 10.1. The van der Waals surface area contributed by atoms with E-state index in [1.165, 1.54) is 4.90 Å². The minimum Gasteiger partial charge on any atom is -0.317 e. The first-order valence-corrected chi connectivity index (χ1v) is 11.4. The predicted octanol–water partition coefficient (Wildman–Crippen LogP) is 5.45. The van der Waals surface area contributed by atoms with E-state index in [1.807, 2.05) is 50.2 Å². The lowest BCUT2D eigenvalue weighted by Crippen LogP contribution is -2.54. The first-order chi connectivity index (χ1) is 14.8. The summed E-state index contributed by atoms with van der Waals surface area (Å²) in [7, 11) is 0. The second-order valence-electron chi connectivity index (χ2n) is 7.01. The minimum atomic E-state index is -0.516. The molecule has 1 fully saturated rings. The SMILES string of the molecule is Cc1c(Br)c(/C=C2\C(=O)NC(=S)N(c3cccc(Br)c3)C2=O)c(C)n1-c1ccccc1.